The second-order valence-corrected chi connectivity index (χ2v) is 7.42. The Morgan fingerprint density at radius 2 is 1.90 bits per heavy atom. The number of aliphatic imine (C=N–C) groups is 1. The maximum Gasteiger partial charge on any atom is 0.207 e. The Morgan fingerprint density at radius 3 is 2.80 bits per heavy atom. The van der Waals surface area contributed by atoms with Gasteiger partial charge in [0.2, 0.25) is 9.84 Å². The largest absolute Gasteiger partial charge is 0.261 e. The molecule has 0 N–H and O–H groups in total. The Kier molecular flexibility index (Phi) is 1.73. The number of benzene rings is 2. The molecule has 0 unspecified atom stereocenters. The van der Waals surface area contributed by atoms with E-state index >= 15 is 0 Å². The van der Waals surface area contributed by atoms with Gasteiger partial charge in [0.25, 0.3) is 0 Å². The molecule has 2 aliphatic heterocycles. The highest BCUT2D eigenvalue weighted by atomic mass is 32.2. The van der Waals surface area contributed by atoms with Crippen LogP contribution in [0.4, 0.5) is 5.69 Å². The second-order valence-electron chi connectivity index (χ2n) is 5.54. The van der Waals surface area contributed by atoms with Gasteiger partial charge in [0, 0.05) is 23.8 Å². The Balaban J connectivity index is 2.05. The zero-order valence-electron chi connectivity index (χ0n) is 10.7. The molecule has 1 aliphatic carbocycles. The first kappa shape index (κ1) is 10.8. The fourth-order valence-corrected chi connectivity index (χ4v) is 5.51. The average Bonchev–Trinajstić information content (AvgIpc) is 3.00. The van der Waals surface area contributed by atoms with E-state index in [1.807, 2.05) is 12.3 Å². The number of hydrogen-bond acceptors (Lipinski definition) is 3. The lowest BCUT2D eigenvalue weighted by molar-refractivity contribution is 0.598. The first-order chi connectivity index (χ1) is 9.68. The minimum atomic E-state index is -3.37. The van der Waals surface area contributed by atoms with Crippen LogP contribution in [0.5, 0.6) is 0 Å². The van der Waals surface area contributed by atoms with E-state index in [1.54, 1.807) is 12.1 Å². The molecule has 0 radical (unpaired) electrons. The lowest BCUT2D eigenvalue weighted by Crippen LogP contribution is -2.06. The minimum absolute atomic E-state index is 0.465. The van der Waals surface area contributed by atoms with Crippen LogP contribution in [0.25, 0.3) is 11.1 Å². The normalized spacial score (nSPS) is 19.0. The summed E-state index contributed by atoms with van der Waals surface area (Å²) in [6.45, 7) is 0. The molecule has 0 amide bonds. The van der Waals surface area contributed by atoms with Crippen LogP contribution in [-0.4, -0.2) is 14.6 Å². The van der Waals surface area contributed by atoms with Crippen molar-refractivity contribution < 1.29 is 8.42 Å². The van der Waals surface area contributed by atoms with E-state index in [-0.39, 0.29) is 0 Å². The number of aryl methyl sites for hydroxylation is 1. The van der Waals surface area contributed by atoms with Gasteiger partial charge in [0.15, 0.2) is 0 Å². The molecule has 0 aromatic heterocycles. The summed E-state index contributed by atoms with van der Waals surface area (Å²) in [5.74, 6) is 0. The fraction of sp³-hybridized carbons (Fsp3) is 0.188. The monoisotopic (exact) mass is 281 g/mol. The SMILES string of the molecule is O=S1(=O)c2cccc3c2-c2c1cc1c(c2CC3)CC=N1. The van der Waals surface area contributed by atoms with E-state index in [9.17, 15) is 8.42 Å². The molecule has 20 heavy (non-hydrogen) atoms. The molecular weight excluding hydrogens is 270 g/mol. The zero-order chi connectivity index (χ0) is 13.5. The summed E-state index contributed by atoms with van der Waals surface area (Å²) in [5.41, 5.74) is 6.36. The van der Waals surface area contributed by atoms with Gasteiger partial charge in [0.1, 0.15) is 0 Å². The molecule has 0 spiro atoms. The van der Waals surface area contributed by atoms with Crippen molar-refractivity contribution in [1.82, 2.24) is 0 Å². The van der Waals surface area contributed by atoms with E-state index in [1.165, 1.54) is 11.1 Å². The molecular formula is C16H11NO2S. The second kappa shape index (κ2) is 3.20. The number of rotatable bonds is 0. The van der Waals surface area contributed by atoms with Crippen LogP contribution >= 0.6 is 0 Å². The van der Waals surface area contributed by atoms with E-state index < -0.39 is 9.84 Å². The van der Waals surface area contributed by atoms with Crippen molar-refractivity contribution in [2.75, 3.05) is 0 Å². The van der Waals surface area contributed by atoms with Gasteiger partial charge in [-0.25, -0.2) is 8.42 Å². The van der Waals surface area contributed by atoms with Crippen LogP contribution in [0.1, 0.15) is 16.7 Å². The summed E-state index contributed by atoms with van der Waals surface area (Å²) in [6, 6.07) is 7.41. The van der Waals surface area contributed by atoms with Gasteiger partial charge in [-0.2, -0.15) is 0 Å². The molecule has 98 valence electrons. The third kappa shape index (κ3) is 1.04. The van der Waals surface area contributed by atoms with Crippen LogP contribution < -0.4 is 0 Å². The van der Waals surface area contributed by atoms with Crippen molar-refractivity contribution in [3.63, 3.8) is 0 Å². The third-order valence-electron chi connectivity index (χ3n) is 4.60. The molecule has 3 nitrogen and oxygen atoms in total. The molecule has 2 aromatic rings. The van der Waals surface area contributed by atoms with Gasteiger partial charge in [-0.3, -0.25) is 4.99 Å². The summed E-state index contributed by atoms with van der Waals surface area (Å²) in [7, 11) is -3.37. The van der Waals surface area contributed by atoms with Gasteiger partial charge in [-0.15, -0.1) is 0 Å². The maximum atomic E-state index is 12.8. The number of fused-ring (bicyclic) bond motifs is 2. The van der Waals surface area contributed by atoms with E-state index in [0.29, 0.717) is 9.79 Å². The molecule has 5 rings (SSSR count). The summed E-state index contributed by atoms with van der Waals surface area (Å²) in [6.07, 6.45) is 4.54. The first-order valence-corrected chi connectivity index (χ1v) is 8.25. The third-order valence-corrected chi connectivity index (χ3v) is 6.42. The molecule has 0 saturated heterocycles. The topological polar surface area (TPSA) is 46.5 Å². The van der Waals surface area contributed by atoms with Gasteiger partial charge >= 0.3 is 0 Å². The Bertz CT molecular complexity index is 939. The van der Waals surface area contributed by atoms with Crippen LogP contribution in [0.15, 0.2) is 39.0 Å². The summed E-state index contributed by atoms with van der Waals surface area (Å²) in [5, 5.41) is 0. The Hall–Kier alpha value is -1.94. The fourth-order valence-electron chi connectivity index (χ4n) is 3.75. The van der Waals surface area contributed by atoms with Crippen LogP contribution in [0.3, 0.4) is 0 Å². The number of nitrogens with zero attached hydrogens (tertiary/aromatic N) is 1. The molecule has 2 heterocycles. The van der Waals surface area contributed by atoms with Crippen molar-refractivity contribution in [3.05, 3.63) is 41.0 Å². The average molecular weight is 281 g/mol. The zero-order valence-corrected chi connectivity index (χ0v) is 11.5. The maximum absolute atomic E-state index is 12.8. The molecule has 0 bridgehead atoms. The lowest BCUT2D eigenvalue weighted by atomic mass is 9.82. The van der Waals surface area contributed by atoms with Gasteiger partial charge in [-0.05, 0) is 41.7 Å². The number of hydrogen-bond donors (Lipinski definition) is 0. The van der Waals surface area contributed by atoms with Crippen molar-refractivity contribution in [3.8, 4) is 11.1 Å². The van der Waals surface area contributed by atoms with Crippen molar-refractivity contribution in [1.29, 1.82) is 0 Å². The molecule has 0 saturated carbocycles. The highest BCUT2D eigenvalue weighted by Gasteiger charge is 2.39. The minimum Gasteiger partial charge on any atom is -0.261 e. The van der Waals surface area contributed by atoms with E-state index in [2.05, 4.69) is 11.1 Å². The highest BCUT2D eigenvalue weighted by Crippen LogP contribution is 2.52. The summed E-state index contributed by atoms with van der Waals surface area (Å²) in [4.78, 5) is 5.30. The Labute approximate surface area is 116 Å². The van der Waals surface area contributed by atoms with Crippen LogP contribution in [-0.2, 0) is 29.1 Å². The standard InChI is InChI=1S/C16H11NO2S/c18-20(19)13-3-1-2-9-4-5-11-10-6-7-17-12(10)8-14(20)16(11)15(9)13/h1-3,7-8H,4-6H2. The van der Waals surface area contributed by atoms with E-state index in [0.717, 1.165) is 41.6 Å². The van der Waals surface area contributed by atoms with Gasteiger partial charge in [-0.1, -0.05) is 12.1 Å². The molecule has 4 heteroatoms. The van der Waals surface area contributed by atoms with Crippen molar-refractivity contribution in [2.24, 2.45) is 4.99 Å². The van der Waals surface area contributed by atoms with Gasteiger partial charge in [0.05, 0.1) is 15.5 Å². The quantitative estimate of drug-likeness (QED) is 0.636. The predicted octanol–water partition coefficient (Wildman–Crippen LogP) is 2.86. The number of sulfone groups is 1. The van der Waals surface area contributed by atoms with Crippen LogP contribution in [0.2, 0.25) is 0 Å². The van der Waals surface area contributed by atoms with Crippen molar-refractivity contribution in [2.45, 2.75) is 29.1 Å². The molecule has 0 atom stereocenters. The predicted molar refractivity (Wildman–Crippen MR) is 76.6 cm³/mol. The smallest absolute Gasteiger partial charge is 0.207 e. The first-order valence-electron chi connectivity index (χ1n) is 6.76. The summed E-state index contributed by atoms with van der Waals surface area (Å²) >= 11 is 0. The van der Waals surface area contributed by atoms with Gasteiger partial charge < -0.3 is 0 Å². The highest BCUT2D eigenvalue weighted by molar-refractivity contribution is 7.92. The van der Waals surface area contributed by atoms with Crippen LogP contribution in [0, 0.1) is 0 Å². The molecule has 2 aromatic carbocycles. The lowest BCUT2D eigenvalue weighted by Gasteiger charge is -2.20. The molecule has 3 aliphatic rings. The molecule has 0 fully saturated rings. The summed E-state index contributed by atoms with van der Waals surface area (Å²) < 4.78 is 25.5. The van der Waals surface area contributed by atoms with E-state index in [4.69, 9.17) is 0 Å². The van der Waals surface area contributed by atoms with Crippen molar-refractivity contribution >= 4 is 21.7 Å². The Morgan fingerprint density at radius 1 is 1.00 bits per heavy atom.